The van der Waals surface area contributed by atoms with Gasteiger partial charge >= 0.3 is 5.69 Å². The maximum Gasteiger partial charge on any atom is 0.343 e. The van der Waals surface area contributed by atoms with Gasteiger partial charge in [0.15, 0.2) is 5.82 Å². The van der Waals surface area contributed by atoms with Crippen molar-refractivity contribution >= 4 is 11.7 Å². The first-order valence-corrected chi connectivity index (χ1v) is 9.43. The van der Waals surface area contributed by atoms with Crippen LogP contribution >= 0.6 is 0 Å². The van der Waals surface area contributed by atoms with Crippen molar-refractivity contribution in [1.29, 1.82) is 0 Å². The summed E-state index contributed by atoms with van der Waals surface area (Å²) in [6.07, 6.45) is 1.50. The van der Waals surface area contributed by atoms with Crippen LogP contribution in [0.3, 0.4) is 0 Å². The molecule has 4 rings (SSSR count). The average molecular weight is 381 g/mol. The van der Waals surface area contributed by atoms with E-state index in [1.54, 1.807) is 9.47 Å². The van der Waals surface area contributed by atoms with Crippen LogP contribution in [-0.2, 0) is 6.54 Å². The predicted octanol–water partition coefficient (Wildman–Crippen LogP) is 1.58. The van der Waals surface area contributed by atoms with E-state index in [1.165, 1.54) is 0 Å². The molecule has 1 aliphatic rings. The van der Waals surface area contributed by atoms with Gasteiger partial charge in [-0.05, 0) is 25.3 Å². The van der Waals surface area contributed by atoms with E-state index in [9.17, 15) is 9.59 Å². The van der Waals surface area contributed by atoms with Crippen molar-refractivity contribution in [3.05, 3.63) is 52.3 Å². The number of rotatable bonds is 4. The van der Waals surface area contributed by atoms with E-state index in [4.69, 9.17) is 5.73 Å². The lowest BCUT2D eigenvalue weighted by Gasteiger charge is -2.31. The molecule has 0 bridgehead atoms. The summed E-state index contributed by atoms with van der Waals surface area (Å²) in [5, 5.41) is 13.6. The van der Waals surface area contributed by atoms with E-state index >= 15 is 0 Å². The van der Waals surface area contributed by atoms with Gasteiger partial charge in [0, 0.05) is 25.6 Å². The first-order chi connectivity index (χ1) is 13.6. The minimum absolute atomic E-state index is 0.114. The molecule has 9 nitrogen and oxygen atoms in total. The monoisotopic (exact) mass is 381 g/mol. The zero-order valence-electron chi connectivity index (χ0n) is 15.7. The van der Waals surface area contributed by atoms with Crippen LogP contribution in [0.15, 0.2) is 35.1 Å². The van der Waals surface area contributed by atoms with Crippen molar-refractivity contribution in [1.82, 2.24) is 29.9 Å². The van der Waals surface area contributed by atoms with Crippen molar-refractivity contribution in [2.45, 2.75) is 32.2 Å². The number of anilines is 1. The summed E-state index contributed by atoms with van der Waals surface area (Å²) in [5.74, 6) is 1.13. The fraction of sp³-hybridized carbons (Fsp3) is 0.368. The van der Waals surface area contributed by atoms with Crippen LogP contribution in [0.5, 0.6) is 0 Å². The van der Waals surface area contributed by atoms with Gasteiger partial charge in [-0.3, -0.25) is 14.5 Å². The molecule has 0 unspecified atom stereocenters. The molecule has 1 aliphatic heterocycles. The summed E-state index contributed by atoms with van der Waals surface area (Å²) in [5.41, 5.74) is 7.74. The van der Waals surface area contributed by atoms with Crippen LogP contribution < -0.4 is 11.4 Å². The first kappa shape index (κ1) is 18.0. The number of nitrogens with zero attached hydrogens (tertiary/aromatic N) is 4. The molecule has 0 atom stereocenters. The van der Waals surface area contributed by atoms with E-state index < -0.39 is 0 Å². The maximum absolute atomic E-state index is 13.1. The Balaban J connectivity index is 1.52. The SMILES string of the molecule is CCn1c(C2CCN(C(=O)c3[nH]nc(N)c3-c3ccccc3)CC2)n[nH]c1=O. The molecule has 0 saturated carbocycles. The number of nitrogen functional groups attached to an aromatic ring is 1. The standard InChI is InChI=1S/C19H23N7O2/c1-2-26-17(23-24-19(26)28)13-8-10-25(11-9-13)18(27)15-14(16(20)22-21-15)12-6-4-3-5-7-12/h3-7,13H,2,8-11H2,1H3,(H,24,28)(H3,20,21,22). The Morgan fingerprint density at radius 1 is 1.18 bits per heavy atom. The largest absolute Gasteiger partial charge is 0.382 e. The van der Waals surface area contributed by atoms with E-state index in [0.717, 1.165) is 24.2 Å². The number of benzene rings is 1. The highest BCUT2D eigenvalue weighted by molar-refractivity contribution is 6.01. The Kier molecular flexibility index (Phi) is 4.72. The third-order valence-corrected chi connectivity index (χ3v) is 5.32. The summed E-state index contributed by atoms with van der Waals surface area (Å²) in [6.45, 7) is 3.67. The number of hydrogen-bond donors (Lipinski definition) is 3. The van der Waals surface area contributed by atoms with Crippen LogP contribution in [0.1, 0.15) is 42.0 Å². The zero-order chi connectivity index (χ0) is 19.7. The summed E-state index contributed by atoms with van der Waals surface area (Å²) in [4.78, 5) is 26.7. The number of piperidine rings is 1. The smallest absolute Gasteiger partial charge is 0.343 e. The topological polar surface area (TPSA) is 126 Å². The van der Waals surface area contributed by atoms with Crippen molar-refractivity contribution < 1.29 is 4.79 Å². The molecule has 1 fully saturated rings. The molecular formula is C19H23N7O2. The quantitative estimate of drug-likeness (QED) is 0.633. The first-order valence-electron chi connectivity index (χ1n) is 9.43. The van der Waals surface area contributed by atoms with Crippen LogP contribution in [0.25, 0.3) is 11.1 Å². The molecule has 0 radical (unpaired) electrons. The highest BCUT2D eigenvalue weighted by Gasteiger charge is 2.30. The minimum Gasteiger partial charge on any atom is -0.382 e. The highest BCUT2D eigenvalue weighted by atomic mass is 16.2. The molecule has 4 N–H and O–H groups in total. The van der Waals surface area contributed by atoms with Gasteiger partial charge < -0.3 is 10.6 Å². The molecular weight excluding hydrogens is 358 g/mol. The molecule has 1 aromatic carbocycles. The number of aromatic amines is 2. The van der Waals surface area contributed by atoms with Gasteiger partial charge in [0.25, 0.3) is 5.91 Å². The van der Waals surface area contributed by atoms with Crippen molar-refractivity contribution in [2.75, 3.05) is 18.8 Å². The van der Waals surface area contributed by atoms with Gasteiger partial charge in [-0.1, -0.05) is 30.3 Å². The van der Waals surface area contributed by atoms with Crippen LogP contribution in [-0.4, -0.2) is 48.9 Å². The number of amides is 1. The number of hydrogen-bond acceptors (Lipinski definition) is 5. The molecule has 2 aromatic heterocycles. The van der Waals surface area contributed by atoms with Gasteiger partial charge in [0.2, 0.25) is 0 Å². The lowest BCUT2D eigenvalue weighted by molar-refractivity contribution is 0.0705. The molecule has 146 valence electrons. The third-order valence-electron chi connectivity index (χ3n) is 5.32. The third kappa shape index (κ3) is 3.08. The van der Waals surface area contributed by atoms with E-state index in [0.29, 0.717) is 36.7 Å². The molecule has 0 aliphatic carbocycles. The van der Waals surface area contributed by atoms with Crippen LogP contribution in [0, 0.1) is 0 Å². The average Bonchev–Trinajstić information content (AvgIpc) is 3.30. The summed E-state index contributed by atoms with van der Waals surface area (Å²) >= 11 is 0. The van der Waals surface area contributed by atoms with Gasteiger partial charge in [-0.2, -0.15) is 10.2 Å². The number of carbonyl (C=O) groups is 1. The predicted molar refractivity (Wildman–Crippen MR) is 105 cm³/mol. The number of nitrogens with one attached hydrogen (secondary N) is 2. The highest BCUT2D eigenvalue weighted by Crippen LogP contribution is 2.31. The van der Waals surface area contributed by atoms with E-state index in [-0.39, 0.29) is 17.5 Å². The van der Waals surface area contributed by atoms with Gasteiger partial charge in [0.05, 0.1) is 5.56 Å². The molecule has 3 heterocycles. The second-order valence-corrected chi connectivity index (χ2v) is 6.92. The Labute approximate surface area is 161 Å². The maximum atomic E-state index is 13.1. The van der Waals surface area contributed by atoms with E-state index in [2.05, 4.69) is 20.4 Å². The van der Waals surface area contributed by atoms with E-state index in [1.807, 2.05) is 37.3 Å². The minimum atomic E-state index is -0.184. The second kappa shape index (κ2) is 7.34. The molecule has 1 saturated heterocycles. The number of carbonyl (C=O) groups excluding carboxylic acids is 1. The second-order valence-electron chi connectivity index (χ2n) is 6.92. The Morgan fingerprint density at radius 3 is 2.57 bits per heavy atom. The van der Waals surface area contributed by atoms with Crippen LogP contribution in [0.2, 0.25) is 0 Å². The van der Waals surface area contributed by atoms with Gasteiger partial charge in [-0.25, -0.2) is 9.89 Å². The molecule has 1 amide bonds. The Hall–Kier alpha value is -3.36. The number of aromatic nitrogens is 5. The fourth-order valence-electron chi connectivity index (χ4n) is 3.85. The van der Waals surface area contributed by atoms with Gasteiger partial charge in [0.1, 0.15) is 11.5 Å². The van der Waals surface area contributed by atoms with Gasteiger partial charge in [-0.15, -0.1) is 0 Å². The summed E-state index contributed by atoms with van der Waals surface area (Å²) in [6, 6.07) is 9.53. The fourth-order valence-corrected chi connectivity index (χ4v) is 3.85. The lowest BCUT2D eigenvalue weighted by atomic mass is 9.95. The molecule has 9 heteroatoms. The molecule has 28 heavy (non-hydrogen) atoms. The number of likely N-dealkylation sites (tertiary alicyclic amines) is 1. The van der Waals surface area contributed by atoms with Crippen molar-refractivity contribution in [3.63, 3.8) is 0 Å². The van der Waals surface area contributed by atoms with Crippen molar-refractivity contribution in [3.8, 4) is 11.1 Å². The summed E-state index contributed by atoms with van der Waals surface area (Å²) < 4.78 is 1.66. The molecule has 3 aromatic rings. The number of H-pyrrole nitrogens is 2. The molecule has 0 spiro atoms. The zero-order valence-corrected chi connectivity index (χ0v) is 15.7. The van der Waals surface area contributed by atoms with Crippen LogP contribution in [0.4, 0.5) is 5.82 Å². The van der Waals surface area contributed by atoms with Crippen molar-refractivity contribution in [2.24, 2.45) is 0 Å². The Morgan fingerprint density at radius 2 is 1.89 bits per heavy atom. The lowest BCUT2D eigenvalue weighted by Crippen LogP contribution is -2.39. The normalized spacial score (nSPS) is 15.1. The Bertz CT molecular complexity index is 1030. The summed E-state index contributed by atoms with van der Waals surface area (Å²) in [7, 11) is 0. The number of nitrogens with two attached hydrogens (primary N) is 1.